The molecule has 0 unspecified atom stereocenters. The topological polar surface area (TPSA) is 64.1 Å². The zero-order chi connectivity index (χ0) is 10.4. The van der Waals surface area contributed by atoms with Crippen LogP contribution in [0.2, 0.25) is 0 Å². The van der Waals surface area contributed by atoms with Crippen LogP contribution in [0, 0.1) is 12.3 Å². The summed E-state index contributed by atoms with van der Waals surface area (Å²) in [5.74, 6) is 2.40. The molecular weight excluding hydrogens is 182 g/mol. The van der Waals surface area contributed by atoms with Crippen LogP contribution in [0.25, 0.3) is 0 Å². The average Bonchev–Trinajstić information content (AvgIpc) is 2.26. The zero-order valence-electron chi connectivity index (χ0n) is 7.65. The van der Waals surface area contributed by atoms with E-state index in [2.05, 4.69) is 26.2 Å². The van der Waals surface area contributed by atoms with Crippen molar-refractivity contribution in [1.82, 2.24) is 10.2 Å². The summed E-state index contributed by atoms with van der Waals surface area (Å²) in [6, 6.07) is 3.12. The zero-order valence-corrected chi connectivity index (χ0v) is 7.65. The minimum absolute atomic E-state index is 0.166. The summed E-state index contributed by atoms with van der Waals surface area (Å²) in [7, 11) is 1.29. The van der Waals surface area contributed by atoms with E-state index >= 15 is 0 Å². The fourth-order valence-corrected chi connectivity index (χ4v) is 0.782. The maximum atomic E-state index is 11.0. The van der Waals surface area contributed by atoms with Crippen LogP contribution in [0.1, 0.15) is 10.5 Å². The standard InChI is InChI=1S/C9H9N3O2/c1-3-6-10-8-5-4-7(11-12-8)9(13)14-2/h1,4-5H,6H2,2H3,(H,10,12). The number of hydrogen-bond acceptors (Lipinski definition) is 5. The minimum atomic E-state index is -0.513. The number of rotatable bonds is 3. The first-order valence-electron chi connectivity index (χ1n) is 3.87. The normalized spacial score (nSPS) is 8.86. The van der Waals surface area contributed by atoms with Crippen molar-refractivity contribution in [2.45, 2.75) is 0 Å². The monoisotopic (exact) mass is 191 g/mol. The van der Waals surface area contributed by atoms with E-state index in [1.807, 2.05) is 0 Å². The van der Waals surface area contributed by atoms with Crippen molar-refractivity contribution in [3.63, 3.8) is 0 Å². The van der Waals surface area contributed by atoms with Crippen LogP contribution in [-0.2, 0) is 4.74 Å². The molecule has 0 atom stereocenters. The van der Waals surface area contributed by atoms with Crippen molar-refractivity contribution in [3.05, 3.63) is 17.8 Å². The van der Waals surface area contributed by atoms with E-state index in [4.69, 9.17) is 6.42 Å². The summed E-state index contributed by atoms with van der Waals surface area (Å²) >= 11 is 0. The number of esters is 1. The Hall–Kier alpha value is -2.09. The average molecular weight is 191 g/mol. The van der Waals surface area contributed by atoms with Gasteiger partial charge in [-0.3, -0.25) is 0 Å². The lowest BCUT2D eigenvalue weighted by atomic mass is 10.4. The number of hydrogen-bond donors (Lipinski definition) is 1. The molecule has 0 aromatic carbocycles. The molecule has 5 nitrogen and oxygen atoms in total. The lowest BCUT2D eigenvalue weighted by molar-refractivity contribution is 0.0593. The number of terminal acetylenes is 1. The van der Waals surface area contributed by atoms with E-state index in [9.17, 15) is 4.79 Å². The molecule has 0 aliphatic heterocycles. The second kappa shape index (κ2) is 4.82. The number of nitrogens with one attached hydrogen (secondary N) is 1. The van der Waals surface area contributed by atoms with Crippen LogP contribution in [-0.4, -0.2) is 29.8 Å². The van der Waals surface area contributed by atoms with Gasteiger partial charge in [-0.15, -0.1) is 16.6 Å². The minimum Gasteiger partial charge on any atom is -0.464 e. The number of carbonyl (C=O) groups excluding carboxylic acids is 1. The molecule has 0 saturated carbocycles. The predicted octanol–water partition coefficient (Wildman–Crippen LogP) is 0.308. The number of ether oxygens (including phenoxy) is 1. The Morgan fingerprint density at radius 2 is 2.43 bits per heavy atom. The molecule has 1 aromatic heterocycles. The van der Waals surface area contributed by atoms with Gasteiger partial charge in [-0.05, 0) is 12.1 Å². The third-order valence-electron chi connectivity index (χ3n) is 1.43. The predicted molar refractivity (Wildman–Crippen MR) is 50.7 cm³/mol. The maximum Gasteiger partial charge on any atom is 0.358 e. The third kappa shape index (κ3) is 2.45. The van der Waals surface area contributed by atoms with E-state index in [1.165, 1.54) is 13.2 Å². The van der Waals surface area contributed by atoms with Gasteiger partial charge in [0.1, 0.15) is 5.82 Å². The van der Waals surface area contributed by atoms with Crippen molar-refractivity contribution in [2.24, 2.45) is 0 Å². The van der Waals surface area contributed by atoms with Crippen molar-refractivity contribution in [2.75, 3.05) is 19.0 Å². The van der Waals surface area contributed by atoms with Crippen molar-refractivity contribution < 1.29 is 9.53 Å². The molecule has 0 amide bonds. The Labute approximate surface area is 81.5 Å². The number of methoxy groups -OCH3 is 1. The van der Waals surface area contributed by atoms with Crippen molar-refractivity contribution in [3.8, 4) is 12.3 Å². The van der Waals surface area contributed by atoms with Crippen LogP contribution < -0.4 is 5.32 Å². The summed E-state index contributed by atoms with van der Waals surface area (Å²) in [5, 5.41) is 10.2. The second-order valence-electron chi connectivity index (χ2n) is 2.35. The fraction of sp³-hybridized carbons (Fsp3) is 0.222. The van der Waals surface area contributed by atoms with Gasteiger partial charge in [0.15, 0.2) is 5.69 Å². The van der Waals surface area contributed by atoms with E-state index in [-0.39, 0.29) is 5.69 Å². The number of anilines is 1. The summed E-state index contributed by atoms with van der Waals surface area (Å²) in [6.45, 7) is 0.367. The smallest absolute Gasteiger partial charge is 0.358 e. The highest BCUT2D eigenvalue weighted by molar-refractivity contribution is 5.86. The van der Waals surface area contributed by atoms with Crippen LogP contribution >= 0.6 is 0 Å². The van der Waals surface area contributed by atoms with Gasteiger partial charge >= 0.3 is 5.97 Å². The Kier molecular flexibility index (Phi) is 3.44. The summed E-state index contributed by atoms with van der Waals surface area (Å²) < 4.78 is 4.46. The van der Waals surface area contributed by atoms with E-state index in [0.717, 1.165) is 0 Å². The molecule has 1 heterocycles. The molecule has 5 heteroatoms. The Morgan fingerprint density at radius 1 is 1.64 bits per heavy atom. The molecule has 0 aliphatic carbocycles. The van der Waals surface area contributed by atoms with Crippen LogP contribution in [0.5, 0.6) is 0 Å². The summed E-state index contributed by atoms with van der Waals surface area (Å²) in [6.07, 6.45) is 5.04. The third-order valence-corrected chi connectivity index (χ3v) is 1.43. The molecule has 1 aromatic rings. The molecule has 0 radical (unpaired) electrons. The maximum absolute atomic E-state index is 11.0. The molecule has 0 fully saturated rings. The van der Waals surface area contributed by atoms with Gasteiger partial charge in [0.05, 0.1) is 13.7 Å². The first kappa shape index (κ1) is 9.99. The highest BCUT2D eigenvalue weighted by Crippen LogP contribution is 2.01. The molecular formula is C9H9N3O2. The molecule has 0 spiro atoms. The van der Waals surface area contributed by atoms with Gasteiger partial charge in [-0.2, -0.15) is 0 Å². The first-order chi connectivity index (χ1) is 6.77. The first-order valence-corrected chi connectivity index (χ1v) is 3.87. The SMILES string of the molecule is C#CCNc1ccc(C(=O)OC)nn1. The Balaban J connectivity index is 2.69. The van der Waals surface area contributed by atoms with Gasteiger partial charge in [0.25, 0.3) is 0 Å². The van der Waals surface area contributed by atoms with Crippen molar-refractivity contribution >= 4 is 11.8 Å². The quantitative estimate of drug-likeness (QED) is 0.550. The van der Waals surface area contributed by atoms with Crippen LogP contribution in [0.3, 0.4) is 0 Å². The van der Waals surface area contributed by atoms with Crippen LogP contribution in [0.15, 0.2) is 12.1 Å². The highest BCUT2D eigenvalue weighted by atomic mass is 16.5. The van der Waals surface area contributed by atoms with E-state index in [1.54, 1.807) is 6.07 Å². The highest BCUT2D eigenvalue weighted by Gasteiger charge is 2.06. The van der Waals surface area contributed by atoms with Crippen molar-refractivity contribution in [1.29, 1.82) is 0 Å². The van der Waals surface area contributed by atoms with E-state index in [0.29, 0.717) is 12.4 Å². The summed E-state index contributed by atoms with van der Waals surface area (Å²) in [4.78, 5) is 11.0. The second-order valence-corrected chi connectivity index (χ2v) is 2.35. The summed E-state index contributed by atoms with van der Waals surface area (Å²) in [5.41, 5.74) is 0.166. The number of carbonyl (C=O) groups is 1. The molecule has 0 aliphatic rings. The fourth-order valence-electron chi connectivity index (χ4n) is 0.782. The molecule has 72 valence electrons. The molecule has 1 rings (SSSR count). The van der Waals surface area contributed by atoms with Gasteiger partial charge in [0.2, 0.25) is 0 Å². The van der Waals surface area contributed by atoms with Gasteiger partial charge in [0, 0.05) is 0 Å². The van der Waals surface area contributed by atoms with E-state index < -0.39 is 5.97 Å². The van der Waals surface area contributed by atoms with Crippen LogP contribution in [0.4, 0.5) is 5.82 Å². The molecule has 1 N–H and O–H groups in total. The number of aromatic nitrogens is 2. The van der Waals surface area contributed by atoms with Gasteiger partial charge in [-0.25, -0.2) is 4.79 Å². The van der Waals surface area contributed by atoms with Gasteiger partial charge in [-0.1, -0.05) is 5.92 Å². The lowest BCUT2D eigenvalue weighted by Crippen LogP contribution is -2.07. The number of nitrogens with zero attached hydrogens (tertiary/aromatic N) is 2. The lowest BCUT2D eigenvalue weighted by Gasteiger charge is -2.00. The largest absolute Gasteiger partial charge is 0.464 e. The molecule has 0 saturated heterocycles. The van der Waals surface area contributed by atoms with Gasteiger partial charge < -0.3 is 10.1 Å². The Bertz CT molecular complexity index is 353. The Morgan fingerprint density at radius 3 is 2.93 bits per heavy atom. The molecule has 14 heavy (non-hydrogen) atoms. The molecule has 0 bridgehead atoms.